The fourth-order valence-corrected chi connectivity index (χ4v) is 2.78. The first kappa shape index (κ1) is 18.1. The Morgan fingerprint density at radius 3 is 2.46 bits per heavy atom. The third-order valence-electron chi connectivity index (χ3n) is 3.78. The minimum atomic E-state index is -3.77. The van der Waals surface area contributed by atoms with Gasteiger partial charge < -0.3 is 14.8 Å². The molecule has 4 rings (SSSR count). The molecule has 0 fully saturated rings. The van der Waals surface area contributed by atoms with Gasteiger partial charge in [0.05, 0.1) is 28.7 Å². The summed E-state index contributed by atoms with van der Waals surface area (Å²) < 4.78 is 48.7. The highest BCUT2D eigenvalue weighted by molar-refractivity contribution is 6.33. The molecule has 28 heavy (non-hydrogen) atoms. The minimum Gasteiger partial charge on any atom is -0.395 e. The predicted molar refractivity (Wildman–Crippen MR) is 93.0 cm³/mol. The van der Waals surface area contributed by atoms with Crippen LogP contribution in [0.15, 0.2) is 48.8 Å². The summed E-state index contributed by atoms with van der Waals surface area (Å²) in [6.45, 7) is 0. The second-order valence-electron chi connectivity index (χ2n) is 5.67. The molecule has 0 saturated heterocycles. The van der Waals surface area contributed by atoms with Gasteiger partial charge in [0.25, 0.3) is 5.91 Å². The fraction of sp³-hybridized carbons (Fsp3) is 0.0556. The molecule has 0 spiro atoms. The maximum absolute atomic E-state index is 13.6. The maximum atomic E-state index is 13.6. The van der Waals surface area contributed by atoms with Crippen LogP contribution in [0.3, 0.4) is 0 Å². The summed E-state index contributed by atoms with van der Waals surface area (Å²) in [5.41, 5.74) is 0.379. The Balaban J connectivity index is 1.56. The molecule has 0 radical (unpaired) electrons. The molecular formula is C18H9ClF3N3O3. The number of rotatable bonds is 3. The van der Waals surface area contributed by atoms with Gasteiger partial charge in [-0.1, -0.05) is 23.7 Å². The maximum Gasteiger partial charge on any atom is 0.586 e. The van der Waals surface area contributed by atoms with Crippen molar-refractivity contribution in [3.05, 3.63) is 65.2 Å². The lowest BCUT2D eigenvalue weighted by Crippen LogP contribution is -2.25. The van der Waals surface area contributed by atoms with Gasteiger partial charge in [-0.2, -0.15) is 0 Å². The number of hydrogen-bond acceptors (Lipinski definition) is 5. The van der Waals surface area contributed by atoms with E-state index in [9.17, 15) is 18.0 Å². The molecule has 2 heterocycles. The van der Waals surface area contributed by atoms with Crippen molar-refractivity contribution in [3.8, 4) is 22.8 Å². The molecule has 0 bridgehead atoms. The van der Waals surface area contributed by atoms with E-state index in [1.807, 2.05) is 0 Å². The average Bonchev–Trinajstić information content (AvgIpc) is 2.95. The Kier molecular flexibility index (Phi) is 4.31. The first-order chi connectivity index (χ1) is 13.3. The number of halogens is 4. The van der Waals surface area contributed by atoms with Gasteiger partial charge in [-0.15, -0.1) is 8.78 Å². The zero-order valence-corrected chi connectivity index (χ0v) is 14.5. The van der Waals surface area contributed by atoms with Gasteiger partial charge in [-0.25, -0.2) is 9.37 Å². The van der Waals surface area contributed by atoms with Crippen molar-refractivity contribution >= 4 is 23.3 Å². The van der Waals surface area contributed by atoms with Crippen LogP contribution >= 0.6 is 11.6 Å². The fourth-order valence-electron chi connectivity index (χ4n) is 2.53. The van der Waals surface area contributed by atoms with Crippen molar-refractivity contribution in [2.24, 2.45) is 0 Å². The number of carbonyl (C=O) groups is 1. The van der Waals surface area contributed by atoms with Crippen LogP contribution in [0.5, 0.6) is 11.5 Å². The lowest BCUT2D eigenvalue weighted by atomic mass is 10.1. The molecule has 1 aliphatic rings. The number of ether oxygens (including phenoxy) is 2. The molecular weight excluding hydrogens is 399 g/mol. The van der Waals surface area contributed by atoms with Gasteiger partial charge in [0, 0.05) is 11.6 Å². The molecule has 1 aliphatic heterocycles. The number of nitrogens with zero attached hydrogens (tertiary/aromatic N) is 2. The third-order valence-corrected chi connectivity index (χ3v) is 4.09. The molecule has 0 unspecified atom stereocenters. The van der Waals surface area contributed by atoms with E-state index in [2.05, 4.69) is 24.8 Å². The smallest absolute Gasteiger partial charge is 0.395 e. The Labute approximate surface area is 160 Å². The second-order valence-corrected chi connectivity index (χ2v) is 6.07. The summed E-state index contributed by atoms with van der Waals surface area (Å²) in [4.78, 5) is 20.2. The molecule has 0 saturated carbocycles. The quantitative estimate of drug-likeness (QED) is 0.691. The standard InChI is InChI=1S/C18H9ClF3N3O3/c19-11-6-15-14(27-18(21,22)28-15)5-10(11)13-7-24-16(8-23-13)25-17(26)9-3-1-2-4-12(9)20/h1-8H,(H,24,25,26). The summed E-state index contributed by atoms with van der Waals surface area (Å²) >= 11 is 6.10. The van der Waals surface area contributed by atoms with E-state index in [1.165, 1.54) is 42.7 Å². The third kappa shape index (κ3) is 3.44. The zero-order chi connectivity index (χ0) is 19.9. The number of hydrogen-bond donors (Lipinski definition) is 1. The monoisotopic (exact) mass is 407 g/mol. The molecule has 3 aromatic rings. The van der Waals surface area contributed by atoms with Crippen molar-refractivity contribution in [2.45, 2.75) is 6.29 Å². The Morgan fingerprint density at radius 2 is 1.79 bits per heavy atom. The molecule has 2 aromatic carbocycles. The number of carbonyl (C=O) groups excluding carboxylic acids is 1. The van der Waals surface area contributed by atoms with Crippen molar-refractivity contribution in [1.82, 2.24) is 9.97 Å². The van der Waals surface area contributed by atoms with Crippen molar-refractivity contribution in [1.29, 1.82) is 0 Å². The summed E-state index contributed by atoms with van der Waals surface area (Å²) in [7, 11) is 0. The second kappa shape index (κ2) is 6.68. The number of anilines is 1. The molecule has 6 nitrogen and oxygen atoms in total. The van der Waals surface area contributed by atoms with Crippen LogP contribution in [0.25, 0.3) is 11.3 Å². The predicted octanol–water partition coefficient (Wildman–Crippen LogP) is 4.51. The highest BCUT2D eigenvalue weighted by atomic mass is 35.5. The lowest BCUT2D eigenvalue weighted by molar-refractivity contribution is -0.286. The number of amides is 1. The van der Waals surface area contributed by atoms with Crippen molar-refractivity contribution in [2.75, 3.05) is 5.32 Å². The number of aromatic nitrogens is 2. The van der Waals surface area contributed by atoms with E-state index in [0.29, 0.717) is 0 Å². The summed E-state index contributed by atoms with van der Waals surface area (Å²) in [5.74, 6) is -1.68. The van der Waals surface area contributed by atoms with E-state index in [1.54, 1.807) is 0 Å². The average molecular weight is 408 g/mol. The zero-order valence-electron chi connectivity index (χ0n) is 13.7. The van der Waals surface area contributed by atoms with Crippen LogP contribution < -0.4 is 14.8 Å². The number of alkyl halides is 2. The number of nitrogens with one attached hydrogen (secondary N) is 1. The van der Waals surface area contributed by atoms with Crippen LogP contribution in [0.1, 0.15) is 10.4 Å². The van der Waals surface area contributed by atoms with Crippen molar-refractivity contribution < 1.29 is 27.4 Å². The van der Waals surface area contributed by atoms with E-state index in [-0.39, 0.29) is 39.2 Å². The van der Waals surface area contributed by atoms with Gasteiger partial charge >= 0.3 is 6.29 Å². The first-order valence-electron chi connectivity index (χ1n) is 7.80. The van der Waals surface area contributed by atoms with E-state index >= 15 is 0 Å². The summed E-state index contributed by atoms with van der Waals surface area (Å²) in [6, 6.07) is 7.91. The van der Waals surface area contributed by atoms with Crippen molar-refractivity contribution in [3.63, 3.8) is 0 Å². The molecule has 1 aromatic heterocycles. The van der Waals surface area contributed by atoms with Gasteiger partial charge in [0.2, 0.25) is 0 Å². The SMILES string of the molecule is O=C(Nc1cnc(-c2cc3c(cc2Cl)OC(F)(F)O3)cn1)c1ccccc1F. The highest BCUT2D eigenvalue weighted by Crippen LogP contribution is 2.45. The van der Waals surface area contributed by atoms with Crippen LogP contribution in [-0.2, 0) is 0 Å². The Hall–Kier alpha value is -3.33. The Bertz CT molecular complexity index is 1080. The van der Waals surface area contributed by atoms with E-state index in [4.69, 9.17) is 11.6 Å². The largest absolute Gasteiger partial charge is 0.586 e. The van der Waals surface area contributed by atoms with E-state index in [0.717, 1.165) is 6.07 Å². The lowest BCUT2D eigenvalue weighted by Gasteiger charge is -2.07. The molecule has 0 atom stereocenters. The molecule has 10 heteroatoms. The molecule has 1 N–H and O–H groups in total. The molecule has 1 amide bonds. The number of fused-ring (bicyclic) bond motifs is 1. The summed E-state index contributed by atoms with van der Waals surface area (Å²) in [6.07, 6.45) is -1.26. The van der Waals surface area contributed by atoms with Gasteiger partial charge in [-0.05, 0) is 18.2 Å². The van der Waals surface area contributed by atoms with Gasteiger partial charge in [0.1, 0.15) is 5.82 Å². The van der Waals surface area contributed by atoms with E-state index < -0.39 is 18.0 Å². The first-order valence-corrected chi connectivity index (χ1v) is 8.18. The van der Waals surface area contributed by atoms with Crippen LogP contribution in [0.2, 0.25) is 5.02 Å². The van der Waals surface area contributed by atoms with Crippen LogP contribution in [0.4, 0.5) is 19.0 Å². The minimum absolute atomic E-state index is 0.0698. The van der Waals surface area contributed by atoms with Crippen LogP contribution in [0, 0.1) is 5.82 Å². The van der Waals surface area contributed by atoms with Gasteiger partial charge in [-0.3, -0.25) is 9.78 Å². The molecule has 142 valence electrons. The molecule has 0 aliphatic carbocycles. The highest BCUT2D eigenvalue weighted by Gasteiger charge is 2.43. The summed E-state index contributed by atoms with van der Waals surface area (Å²) in [5, 5.41) is 2.51. The topological polar surface area (TPSA) is 73.3 Å². The Morgan fingerprint density at radius 1 is 1.07 bits per heavy atom. The van der Waals surface area contributed by atoms with Gasteiger partial charge in [0.15, 0.2) is 17.3 Å². The van der Waals surface area contributed by atoms with Crippen LogP contribution in [-0.4, -0.2) is 22.2 Å². The normalized spacial score (nSPS) is 14.0. The number of benzene rings is 2.